The third-order valence-electron chi connectivity index (χ3n) is 9.25. The van der Waals surface area contributed by atoms with Crippen molar-refractivity contribution in [2.45, 2.75) is 59.5 Å². The number of alkyl halides is 1. The van der Waals surface area contributed by atoms with Gasteiger partial charge in [-0.15, -0.1) is 24.9 Å². The molecule has 7 nitrogen and oxygen atoms in total. The number of aliphatic hydroxyl groups excluding tert-OH is 1. The Bertz CT molecular complexity index is 1360. The monoisotopic (exact) mass is 679 g/mol. The van der Waals surface area contributed by atoms with Crippen LogP contribution in [0.3, 0.4) is 0 Å². The molecule has 3 fully saturated rings. The molecule has 3 aliphatic heterocycles. The van der Waals surface area contributed by atoms with Crippen LogP contribution in [0, 0.1) is 11.8 Å². The molecule has 2 bridgehead atoms. The Labute approximate surface area is 273 Å². The van der Waals surface area contributed by atoms with Crippen LogP contribution in [-0.4, -0.2) is 85.8 Å². The van der Waals surface area contributed by atoms with Gasteiger partial charge in [0.25, 0.3) is 0 Å². The number of rotatable bonds is 14. The standard InChI is InChI=1S/C35H42BrN3O4S/c1-4-7-20-37(18-5-2)34(43)31-35-22-27(36)30(44-35)28(32(41)38(19-6-3)25-16-12-9-13-17-25)29(35)33(42)39(31)26(23-40)21-24-14-10-8-11-15-24/h5-6,8-17,26-31,40H,2-4,7,18-23H2,1H3/t26-,27?,28+,29+,30+,31?,35?/m1/s1. The maximum Gasteiger partial charge on any atom is 0.247 e. The smallest absolute Gasteiger partial charge is 0.247 e. The van der Waals surface area contributed by atoms with Crippen LogP contribution in [0.5, 0.6) is 0 Å². The molecule has 234 valence electrons. The molecule has 3 amide bonds. The molecule has 2 aromatic rings. The first kappa shape index (κ1) is 32.5. The minimum atomic E-state index is -0.810. The number of hydrogen-bond acceptors (Lipinski definition) is 5. The lowest BCUT2D eigenvalue weighted by Crippen LogP contribution is -2.58. The van der Waals surface area contributed by atoms with Gasteiger partial charge in [0.15, 0.2) is 0 Å². The third kappa shape index (κ3) is 5.79. The summed E-state index contributed by atoms with van der Waals surface area (Å²) in [5.41, 5.74) is 1.72. The van der Waals surface area contributed by atoms with Crippen molar-refractivity contribution in [1.82, 2.24) is 9.80 Å². The highest BCUT2D eigenvalue weighted by Gasteiger charge is 2.76. The number of amides is 3. The van der Waals surface area contributed by atoms with Crippen LogP contribution < -0.4 is 4.90 Å². The van der Waals surface area contributed by atoms with Gasteiger partial charge in [-0.25, -0.2) is 0 Å². The molecule has 2 aromatic carbocycles. The zero-order chi connectivity index (χ0) is 31.4. The van der Waals surface area contributed by atoms with Crippen LogP contribution in [0.2, 0.25) is 0 Å². The number of aliphatic hydroxyl groups is 1. The maximum atomic E-state index is 14.8. The van der Waals surface area contributed by atoms with E-state index in [-0.39, 0.29) is 34.4 Å². The van der Waals surface area contributed by atoms with Gasteiger partial charge in [0.1, 0.15) is 6.04 Å². The molecule has 3 saturated heterocycles. The van der Waals surface area contributed by atoms with E-state index in [1.807, 2.05) is 60.7 Å². The van der Waals surface area contributed by atoms with E-state index in [4.69, 9.17) is 0 Å². The third-order valence-corrected chi connectivity index (χ3v) is 12.5. The van der Waals surface area contributed by atoms with E-state index in [0.29, 0.717) is 32.5 Å². The normalized spacial score (nSPS) is 27.6. The van der Waals surface area contributed by atoms with Gasteiger partial charge in [0, 0.05) is 35.4 Å². The van der Waals surface area contributed by atoms with E-state index in [1.165, 1.54) is 0 Å². The van der Waals surface area contributed by atoms with Crippen molar-refractivity contribution < 1.29 is 19.5 Å². The van der Waals surface area contributed by atoms with Crippen LogP contribution in [0.4, 0.5) is 5.69 Å². The second-order valence-corrected chi connectivity index (χ2v) is 14.7. The molecule has 1 N–H and O–H groups in total. The lowest BCUT2D eigenvalue weighted by atomic mass is 9.70. The first-order valence-corrected chi connectivity index (χ1v) is 17.3. The predicted octanol–water partition coefficient (Wildman–Crippen LogP) is 5.09. The Kier molecular flexibility index (Phi) is 10.4. The highest BCUT2D eigenvalue weighted by molar-refractivity contribution is 9.09. The van der Waals surface area contributed by atoms with E-state index in [1.54, 1.807) is 38.6 Å². The predicted molar refractivity (Wildman–Crippen MR) is 181 cm³/mol. The highest BCUT2D eigenvalue weighted by Crippen LogP contribution is 2.68. The summed E-state index contributed by atoms with van der Waals surface area (Å²) >= 11 is 5.51. The Morgan fingerprint density at radius 1 is 1.09 bits per heavy atom. The number of carbonyl (C=O) groups excluding carboxylic acids is 3. The Morgan fingerprint density at radius 3 is 2.36 bits per heavy atom. The van der Waals surface area contributed by atoms with E-state index < -0.39 is 28.7 Å². The van der Waals surface area contributed by atoms with Crippen molar-refractivity contribution in [1.29, 1.82) is 0 Å². The Balaban J connectivity index is 1.60. The molecule has 3 aliphatic rings. The van der Waals surface area contributed by atoms with E-state index in [0.717, 1.165) is 24.1 Å². The number of anilines is 1. The average molecular weight is 681 g/mol. The summed E-state index contributed by atoms with van der Waals surface area (Å²) in [5.74, 6) is -1.81. The molecule has 7 atom stereocenters. The summed E-state index contributed by atoms with van der Waals surface area (Å²) in [6.45, 7) is 10.8. The number of unbranched alkanes of at least 4 members (excludes halogenated alkanes) is 1. The minimum absolute atomic E-state index is 0.0488. The molecule has 0 radical (unpaired) electrons. The highest BCUT2D eigenvalue weighted by atomic mass is 79.9. The van der Waals surface area contributed by atoms with Crippen molar-refractivity contribution in [3.05, 3.63) is 91.5 Å². The number of para-hydroxylation sites is 1. The van der Waals surface area contributed by atoms with Gasteiger partial charge in [-0.3, -0.25) is 14.4 Å². The molecule has 0 aliphatic carbocycles. The van der Waals surface area contributed by atoms with Crippen LogP contribution in [0.15, 0.2) is 86.0 Å². The number of likely N-dealkylation sites (tertiary alicyclic amines) is 1. The summed E-state index contributed by atoms with van der Waals surface area (Å²) in [4.78, 5) is 49.2. The SMILES string of the molecule is C=CCN(CCCC)C(=O)C1N([C@@H](CO)Cc2ccccc2)C(=O)[C@@H]2[C@H](C(=O)N(CC=C)c3ccccc3)[C@H]3SC12CC3Br. The molecule has 9 heteroatoms. The van der Waals surface area contributed by atoms with Crippen LogP contribution >= 0.6 is 27.7 Å². The second kappa shape index (κ2) is 14.0. The fourth-order valence-corrected chi connectivity index (χ4v) is 11.0. The van der Waals surface area contributed by atoms with Gasteiger partial charge >= 0.3 is 0 Å². The maximum absolute atomic E-state index is 14.8. The van der Waals surface area contributed by atoms with E-state index in [9.17, 15) is 19.5 Å². The topological polar surface area (TPSA) is 81.2 Å². The first-order valence-electron chi connectivity index (χ1n) is 15.5. The molecular formula is C35H42BrN3O4S. The molecular weight excluding hydrogens is 638 g/mol. The minimum Gasteiger partial charge on any atom is -0.394 e. The van der Waals surface area contributed by atoms with Gasteiger partial charge in [-0.05, 0) is 37.0 Å². The molecule has 3 unspecified atom stereocenters. The zero-order valence-electron chi connectivity index (χ0n) is 25.3. The molecule has 1 spiro atoms. The molecule has 0 aromatic heterocycles. The van der Waals surface area contributed by atoms with Crippen molar-refractivity contribution in [2.24, 2.45) is 11.8 Å². The average Bonchev–Trinajstić information content (AvgIpc) is 3.64. The summed E-state index contributed by atoms with van der Waals surface area (Å²) < 4.78 is -0.806. The number of halogens is 1. The first-order chi connectivity index (χ1) is 21.3. The van der Waals surface area contributed by atoms with E-state index in [2.05, 4.69) is 36.0 Å². The van der Waals surface area contributed by atoms with Crippen molar-refractivity contribution in [3.63, 3.8) is 0 Å². The van der Waals surface area contributed by atoms with Crippen LogP contribution in [0.1, 0.15) is 31.7 Å². The summed E-state index contributed by atoms with van der Waals surface area (Å²) in [5, 5.41) is 10.6. The largest absolute Gasteiger partial charge is 0.394 e. The Hall–Kier alpha value is -2.88. The number of fused-ring (bicyclic) bond motifs is 1. The molecule has 5 rings (SSSR count). The van der Waals surface area contributed by atoms with Gasteiger partial charge in [0.05, 0.1) is 29.2 Å². The van der Waals surface area contributed by atoms with Crippen molar-refractivity contribution in [2.75, 3.05) is 31.1 Å². The molecule has 44 heavy (non-hydrogen) atoms. The van der Waals surface area contributed by atoms with Gasteiger partial charge < -0.3 is 19.8 Å². The number of hydrogen-bond donors (Lipinski definition) is 1. The summed E-state index contributed by atoms with van der Waals surface area (Å²) in [7, 11) is 0. The lowest BCUT2D eigenvalue weighted by molar-refractivity contribution is -0.145. The van der Waals surface area contributed by atoms with Crippen molar-refractivity contribution >= 4 is 51.1 Å². The fourth-order valence-electron chi connectivity index (χ4n) is 7.37. The number of benzene rings is 2. The number of carbonyl (C=O) groups is 3. The number of nitrogens with zero attached hydrogens (tertiary/aromatic N) is 3. The van der Waals surface area contributed by atoms with Gasteiger partial charge in [-0.2, -0.15) is 0 Å². The van der Waals surface area contributed by atoms with Gasteiger partial charge in [0.2, 0.25) is 17.7 Å². The molecule has 3 heterocycles. The number of thioether (sulfide) groups is 1. The Morgan fingerprint density at radius 2 is 1.75 bits per heavy atom. The quantitative estimate of drug-likeness (QED) is 0.222. The summed E-state index contributed by atoms with van der Waals surface area (Å²) in [6.07, 6.45) is 6.17. The fraction of sp³-hybridized carbons (Fsp3) is 0.457. The van der Waals surface area contributed by atoms with Crippen molar-refractivity contribution in [3.8, 4) is 0 Å². The second-order valence-electron chi connectivity index (χ2n) is 11.9. The van der Waals surface area contributed by atoms with E-state index >= 15 is 0 Å². The molecule has 0 saturated carbocycles. The van der Waals surface area contributed by atoms with Crippen LogP contribution in [0.25, 0.3) is 0 Å². The van der Waals surface area contributed by atoms with Gasteiger partial charge in [-0.1, -0.05) is 90.0 Å². The lowest BCUT2D eigenvalue weighted by Gasteiger charge is -2.40. The summed E-state index contributed by atoms with van der Waals surface area (Å²) in [6, 6.07) is 17.8. The van der Waals surface area contributed by atoms with Crippen LogP contribution in [-0.2, 0) is 20.8 Å². The zero-order valence-corrected chi connectivity index (χ0v) is 27.7.